The van der Waals surface area contributed by atoms with E-state index in [9.17, 15) is 4.79 Å². The molecular weight excluding hydrogens is 202 g/mol. The van der Waals surface area contributed by atoms with Crippen LogP contribution >= 0.6 is 0 Å². The highest BCUT2D eigenvalue weighted by Gasteiger charge is 2.01. The summed E-state index contributed by atoms with van der Waals surface area (Å²) in [6.07, 6.45) is 0.890. The molecule has 0 fully saturated rings. The predicted molar refractivity (Wildman–Crippen MR) is 66.7 cm³/mol. The molecule has 0 aliphatic carbocycles. The van der Waals surface area contributed by atoms with Gasteiger partial charge in [0.15, 0.2) is 0 Å². The van der Waals surface area contributed by atoms with Crippen LogP contribution < -0.4 is 16.6 Å². The van der Waals surface area contributed by atoms with Crippen LogP contribution in [0.4, 0.5) is 5.69 Å². The van der Waals surface area contributed by atoms with Crippen molar-refractivity contribution in [2.45, 2.75) is 6.42 Å². The molecule has 0 unspecified atom stereocenters. The number of para-hydroxylation sites is 1. The lowest BCUT2D eigenvalue weighted by atomic mass is 10.2. The zero-order chi connectivity index (χ0) is 11.4. The van der Waals surface area contributed by atoms with Crippen molar-refractivity contribution in [3.63, 3.8) is 0 Å². The second-order valence-electron chi connectivity index (χ2n) is 3.66. The fraction of sp³-hybridized carbons (Fsp3) is 0.250. The summed E-state index contributed by atoms with van der Waals surface area (Å²) >= 11 is 0. The minimum Gasteiger partial charge on any atom is -0.384 e. The molecule has 0 radical (unpaired) electrons. The number of rotatable bonds is 4. The number of aromatic nitrogens is 1. The van der Waals surface area contributed by atoms with Gasteiger partial charge in [-0.05, 0) is 19.0 Å². The molecule has 0 atom stereocenters. The van der Waals surface area contributed by atoms with E-state index in [2.05, 4.69) is 10.3 Å². The number of hydrogen-bond donors (Lipinski definition) is 3. The number of fused-ring (bicyclic) bond motifs is 1. The summed E-state index contributed by atoms with van der Waals surface area (Å²) in [6, 6.07) is 9.32. The normalized spacial score (nSPS) is 10.6. The van der Waals surface area contributed by atoms with Gasteiger partial charge in [0.2, 0.25) is 5.56 Å². The van der Waals surface area contributed by atoms with Gasteiger partial charge < -0.3 is 16.0 Å². The first kappa shape index (κ1) is 10.7. The van der Waals surface area contributed by atoms with Gasteiger partial charge in [0.05, 0.1) is 5.52 Å². The van der Waals surface area contributed by atoms with Gasteiger partial charge in [-0.2, -0.15) is 0 Å². The monoisotopic (exact) mass is 217 g/mol. The van der Waals surface area contributed by atoms with Crippen molar-refractivity contribution in [1.82, 2.24) is 4.98 Å². The molecular formula is C12H15N3O. The van der Waals surface area contributed by atoms with E-state index < -0.39 is 0 Å². The molecule has 4 nitrogen and oxygen atoms in total. The minimum absolute atomic E-state index is 0.0889. The van der Waals surface area contributed by atoms with Crippen LogP contribution in [0.3, 0.4) is 0 Å². The summed E-state index contributed by atoms with van der Waals surface area (Å²) in [5, 5.41) is 4.26. The van der Waals surface area contributed by atoms with Gasteiger partial charge in [-0.3, -0.25) is 4.79 Å². The second-order valence-corrected chi connectivity index (χ2v) is 3.66. The van der Waals surface area contributed by atoms with Crippen LogP contribution in [0.5, 0.6) is 0 Å². The summed E-state index contributed by atoms with van der Waals surface area (Å²) in [6.45, 7) is 1.43. The number of anilines is 1. The Bertz CT molecular complexity index is 533. The average molecular weight is 217 g/mol. The van der Waals surface area contributed by atoms with E-state index in [4.69, 9.17) is 5.73 Å². The fourth-order valence-electron chi connectivity index (χ4n) is 1.68. The summed E-state index contributed by atoms with van der Waals surface area (Å²) in [5.74, 6) is 0. The van der Waals surface area contributed by atoms with Crippen molar-refractivity contribution in [2.75, 3.05) is 18.4 Å². The Morgan fingerprint density at radius 2 is 2.12 bits per heavy atom. The first-order valence-corrected chi connectivity index (χ1v) is 5.37. The maximum Gasteiger partial charge on any atom is 0.250 e. The SMILES string of the molecule is NCCCNc1cc(=O)[nH]c2ccccc12. The van der Waals surface area contributed by atoms with Gasteiger partial charge in [-0.1, -0.05) is 18.2 Å². The fourth-order valence-corrected chi connectivity index (χ4v) is 1.68. The van der Waals surface area contributed by atoms with Gasteiger partial charge in [0, 0.05) is 23.7 Å². The van der Waals surface area contributed by atoms with E-state index in [1.165, 1.54) is 0 Å². The van der Waals surface area contributed by atoms with Gasteiger partial charge in [-0.15, -0.1) is 0 Å². The number of aromatic amines is 1. The highest BCUT2D eigenvalue weighted by molar-refractivity contribution is 5.90. The molecule has 0 amide bonds. The van der Waals surface area contributed by atoms with E-state index in [0.29, 0.717) is 6.54 Å². The first-order valence-electron chi connectivity index (χ1n) is 5.37. The highest BCUT2D eigenvalue weighted by atomic mass is 16.1. The van der Waals surface area contributed by atoms with E-state index in [0.717, 1.165) is 29.6 Å². The molecule has 0 saturated carbocycles. The van der Waals surface area contributed by atoms with E-state index in [1.807, 2.05) is 24.3 Å². The van der Waals surface area contributed by atoms with Crippen molar-refractivity contribution in [3.8, 4) is 0 Å². The maximum absolute atomic E-state index is 11.4. The average Bonchev–Trinajstić information content (AvgIpc) is 2.29. The molecule has 0 saturated heterocycles. The first-order chi connectivity index (χ1) is 7.81. The smallest absolute Gasteiger partial charge is 0.250 e. The molecule has 4 N–H and O–H groups in total. The molecule has 0 spiro atoms. The van der Waals surface area contributed by atoms with E-state index >= 15 is 0 Å². The lowest BCUT2D eigenvalue weighted by Gasteiger charge is -2.08. The zero-order valence-electron chi connectivity index (χ0n) is 8.99. The van der Waals surface area contributed by atoms with Gasteiger partial charge in [-0.25, -0.2) is 0 Å². The number of hydrogen-bond acceptors (Lipinski definition) is 3. The summed E-state index contributed by atoms with van der Waals surface area (Å²) in [4.78, 5) is 14.2. The molecule has 2 rings (SSSR count). The summed E-state index contributed by atoms with van der Waals surface area (Å²) in [5.41, 5.74) is 7.06. The third-order valence-corrected chi connectivity index (χ3v) is 2.45. The quantitative estimate of drug-likeness (QED) is 0.676. The summed E-state index contributed by atoms with van der Waals surface area (Å²) < 4.78 is 0. The van der Waals surface area contributed by atoms with Crippen LogP contribution in [-0.4, -0.2) is 18.1 Å². The number of nitrogens with two attached hydrogens (primary N) is 1. The van der Waals surface area contributed by atoms with Gasteiger partial charge in [0.1, 0.15) is 0 Å². The van der Waals surface area contributed by atoms with Crippen molar-refractivity contribution in [3.05, 3.63) is 40.7 Å². The van der Waals surface area contributed by atoms with Crippen LogP contribution in [0.15, 0.2) is 35.1 Å². The molecule has 1 heterocycles. The van der Waals surface area contributed by atoms with Gasteiger partial charge in [0.25, 0.3) is 0 Å². The third-order valence-electron chi connectivity index (χ3n) is 2.45. The van der Waals surface area contributed by atoms with Crippen molar-refractivity contribution in [1.29, 1.82) is 0 Å². The third kappa shape index (κ3) is 2.23. The number of H-pyrrole nitrogens is 1. The topological polar surface area (TPSA) is 70.9 Å². The molecule has 0 aliphatic rings. The van der Waals surface area contributed by atoms with Crippen LogP contribution in [0.1, 0.15) is 6.42 Å². The predicted octanol–water partition coefficient (Wildman–Crippen LogP) is 1.29. The molecule has 2 aromatic rings. The number of nitrogens with one attached hydrogen (secondary N) is 2. The Hall–Kier alpha value is -1.81. The number of pyridine rings is 1. The number of benzene rings is 1. The lowest BCUT2D eigenvalue weighted by molar-refractivity contribution is 0.875. The van der Waals surface area contributed by atoms with Crippen molar-refractivity contribution in [2.24, 2.45) is 5.73 Å². The Labute approximate surface area is 93.5 Å². The molecule has 16 heavy (non-hydrogen) atoms. The molecule has 0 aliphatic heterocycles. The highest BCUT2D eigenvalue weighted by Crippen LogP contribution is 2.18. The zero-order valence-corrected chi connectivity index (χ0v) is 8.99. The molecule has 1 aromatic heterocycles. The van der Waals surface area contributed by atoms with Crippen LogP contribution in [0.25, 0.3) is 10.9 Å². The second kappa shape index (κ2) is 4.81. The Kier molecular flexibility index (Phi) is 3.22. The van der Waals surface area contributed by atoms with Crippen molar-refractivity contribution < 1.29 is 0 Å². The molecule has 1 aromatic carbocycles. The molecule has 4 heteroatoms. The molecule has 84 valence electrons. The van der Waals surface area contributed by atoms with Crippen molar-refractivity contribution >= 4 is 16.6 Å². The van der Waals surface area contributed by atoms with Crippen LogP contribution in [0.2, 0.25) is 0 Å². The van der Waals surface area contributed by atoms with Gasteiger partial charge >= 0.3 is 0 Å². The minimum atomic E-state index is -0.0889. The Morgan fingerprint density at radius 3 is 2.94 bits per heavy atom. The van der Waals surface area contributed by atoms with Crippen LogP contribution in [0, 0.1) is 0 Å². The Balaban J connectivity index is 2.38. The standard InChI is InChI=1S/C12H15N3O/c13-6-3-7-14-11-8-12(16)15-10-5-2-1-4-9(10)11/h1-2,4-5,8H,3,6-7,13H2,(H2,14,15,16). The largest absolute Gasteiger partial charge is 0.384 e. The molecule has 0 bridgehead atoms. The maximum atomic E-state index is 11.4. The Morgan fingerprint density at radius 1 is 1.31 bits per heavy atom. The lowest BCUT2D eigenvalue weighted by Crippen LogP contribution is -2.12. The summed E-state index contributed by atoms with van der Waals surface area (Å²) in [7, 11) is 0. The van der Waals surface area contributed by atoms with E-state index in [-0.39, 0.29) is 5.56 Å². The van der Waals surface area contributed by atoms with E-state index in [1.54, 1.807) is 6.07 Å². The van der Waals surface area contributed by atoms with Crippen LogP contribution in [-0.2, 0) is 0 Å².